The van der Waals surface area contributed by atoms with Gasteiger partial charge in [-0.3, -0.25) is 9.99 Å². The highest BCUT2D eigenvalue weighted by atomic mass is 16.5. The minimum Gasteiger partial charge on any atom is -0.497 e. The molecule has 0 bridgehead atoms. The van der Waals surface area contributed by atoms with Crippen molar-refractivity contribution in [3.05, 3.63) is 46.5 Å². The number of hydrogen-bond donors (Lipinski definition) is 2. The van der Waals surface area contributed by atoms with E-state index in [1.165, 1.54) is 15.4 Å². The number of aromatic hydroxyl groups is 1. The van der Waals surface area contributed by atoms with Gasteiger partial charge in [0.05, 0.1) is 19.0 Å². The number of ether oxygens (including phenoxy) is 2. The lowest BCUT2D eigenvalue weighted by Gasteiger charge is -2.32. The summed E-state index contributed by atoms with van der Waals surface area (Å²) in [5.74, 6) is 1.37. The number of hydrogen-bond acceptors (Lipinski definition) is 7. The van der Waals surface area contributed by atoms with Crippen LogP contribution >= 0.6 is 0 Å². The van der Waals surface area contributed by atoms with Crippen LogP contribution in [0.1, 0.15) is 18.4 Å². The van der Waals surface area contributed by atoms with Gasteiger partial charge in [-0.25, -0.2) is 9.47 Å². The quantitative estimate of drug-likeness (QED) is 0.613. The highest BCUT2D eigenvalue weighted by molar-refractivity contribution is 5.76. The largest absolute Gasteiger partial charge is 0.497 e. The Balaban J connectivity index is 1.38. The summed E-state index contributed by atoms with van der Waals surface area (Å²) in [4.78, 5) is 17.6. The molecule has 0 saturated carbocycles. The number of nitrogens with one attached hydrogen (secondary N) is 1. The molecule has 1 fully saturated rings. The second kappa shape index (κ2) is 9.49. The summed E-state index contributed by atoms with van der Waals surface area (Å²) in [5, 5.41) is 10.3. The molecule has 3 heterocycles. The maximum absolute atomic E-state index is 12.8. The molecule has 0 aliphatic carbocycles. The lowest BCUT2D eigenvalue weighted by molar-refractivity contribution is 0.151. The highest BCUT2D eigenvalue weighted by Crippen LogP contribution is 2.32. The molecule has 2 aliphatic rings. The topological polar surface area (TPSA) is 84.1 Å². The number of likely N-dealkylation sites (N-methyl/N-ethyl adjacent to an activating group) is 1. The van der Waals surface area contributed by atoms with Gasteiger partial charge in [0.15, 0.2) is 0 Å². The molecule has 9 nitrogen and oxygen atoms in total. The Morgan fingerprint density at radius 1 is 1.16 bits per heavy atom. The summed E-state index contributed by atoms with van der Waals surface area (Å²) in [6.07, 6.45) is 5.10. The van der Waals surface area contributed by atoms with E-state index in [0.29, 0.717) is 24.7 Å². The highest BCUT2D eigenvalue weighted by Gasteiger charge is 2.18. The van der Waals surface area contributed by atoms with E-state index in [2.05, 4.69) is 22.3 Å². The zero-order chi connectivity index (χ0) is 21.8. The number of piperazine rings is 1. The van der Waals surface area contributed by atoms with Crippen molar-refractivity contribution >= 4 is 5.70 Å². The zero-order valence-corrected chi connectivity index (χ0v) is 18.2. The Hall–Kier alpha value is -2.91. The SMILES string of the molecule is COc1ccc2c(c1)C(Nn1cc(O)n(CCCCN3CCN(C)CC3)c1=O)=CCO2. The second-order valence-corrected chi connectivity index (χ2v) is 8.05. The molecule has 1 aromatic heterocycles. The molecule has 2 aromatic rings. The van der Waals surface area contributed by atoms with Crippen LogP contribution < -0.4 is 20.6 Å². The van der Waals surface area contributed by atoms with Gasteiger partial charge in [-0.15, -0.1) is 0 Å². The first-order chi connectivity index (χ1) is 15.0. The summed E-state index contributed by atoms with van der Waals surface area (Å²) in [7, 11) is 3.76. The van der Waals surface area contributed by atoms with Gasteiger partial charge in [0, 0.05) is 38.3 Å². The number of methoxy groups -OCH3 is 1. The van der Waals surface area contributed by atoms with Crippen LogP contribution in [-0.2, 0) is 6.54 Å². The minimum absolute atomic E-state index is 0.0457. The van der Waals surface area contributed by atoms with E-state index in [-0.39, 0.29) is 11.6 Å². The molecule has 9 heteroatoms. The van der Waals surface area contributed by atoms with Crippen LogP contribution in [0.5, 0.6) is 17.4 Å². The van der Waals surface area contributed by atoms with Crippen molar-refractivity contribution in [2.24, 2.45) is 0 Å². The summed E-state index contributed by atoms with van der Waals surface area (Å²) >= 11 is 0. The first kappa shape index (κ1) is 21.3. The van der Waals surface area contributed by atoms with Crippen molar-refractivity contribution in [2.75, 3.05) is 58.9 Å². The maximum atomic E-state index is 12.8. The molecular weight excluding hydrogens is 398 g/mol. The molecule has 1 saturated heterocycles. The summed E-state index contributed by atoms with van der Waals surface area (Å²) < 4.78 is 13.7. The van der Waals surface area contributed by atoms with Gasteiger partial charge < -0.3 is 24.4 Å². The number of imidazole rings is 1. The smallest absolute Gasteiger partial charge is 0.349 e. The van der Waals surface area contributed by atoms with Crippen LogP contribution in [0.25, 0.3) is 5.70 Å². The average molecular weight is 430 g/mol. The third kappa shape index (κ3) is 4.88. The second-order valence-electron chi connectivity index (χ2n) is 8.05. The van der Waals surface area contributed by atoms with Gasteiger partial charge in [0.25, 0.3) is 0 Å². The van der Waals surface area contributed by atoms with Crippen LogP contribution in [0.4, 0.5) is 0 Å². The molecule has 4 rings (SSSR count). The molecular formula is C22H31N5O4. The van der Waals surface area contributed by atoms with E-state index in [1.807, 2.05) is 24.3 Å². The van der Waals surface area contributed by atoms with E-state index in [1.54, 1.807) is 7.11 Å². The number of aromatic nitrogens is 2. The van der Waals surface area contributed by atoms with E-state index in [4.69, 9.17) is 9.47 Å². The summed E-state index contributed by atoms with van der Waals surface area (Å²) in [6, 6.07) is 5.53. The van der Waals surface area contributed by atoms with Crippen LogP contribution in [0, 0.1) is 0 Å². The molecule has 1 aromatic carbocycles. The number of nitrogens with zero attached hydrogens (tertiary/aromatic N) is 4. The zero-order valence-electron chi connectivity index (χ0n) is 18.2. The molecule has 31 heavy (non-hydrogen) atoms. The Bertz CT molecular complexity index is 988. The average Bonchev–Trinajstić information content (AvgIpc) is 3.05. The van der Waals surface area contributed by atoms with Gasteiger partial charge in [0.2, 0.25) is 5.88 Å². The van der Waals surface area contributed by atoms with Crippen LogP contribution in [-0.4, -0.2) is 77.6 Å². The first-order valence-electron chi connectivity index (χ1n) is 10.8. The monoisotopic (exact) mass is 429 g/mol. The Kier molecular flexibility index (Phi) is 6.53. The number of benzene rings is 1. The van der Waals surface area contributed by atoms with Crippen LogP contribution in [0.2, 0.25) is 0 Å². The Morgan fingerprint density at radius 2 is 1.94 bits per heavy atom. The molecule has 2 aliphatic heterocycles. The predicted octanol–water partition coefficient (Wildman–Crippen LogP) is 1.37. The van der Waals surface area contributed by atoms with Gasteiger partial charge in [-0.05, 0) is 50.7 Å². The van der Waals surface area contributed by atoms with Gasteiger partial charge in [-0.2, -0.15) is 0 Å². The van der Waals surface area contributed by atoms with Gasteiger partial charge in [0.1, 0.15) is 18.1 Å². The van der Waals surface area contributed by atoms with Crippen molar-refractivity contribution in [3.63, 3.8) is 0 Å². The fourth-order valence-corrected chi connectivity index (χ4v) is 3.97. The van der Waals surface area contributed by atoms with Crippen LogP contribution in [0.3, 0.4) is 0 Å². The molecule has 2 N–H and O–H groups in total. The molecule has 0 unspecified atom stereocenters. The minimum atomic E-state index is -0.297. The van der Waals surface area contributed by atoms with Crippen molar-refractivity contribution < 1.29 is 14.6 Å². The standard InChI is InChI=1S/C22H31N5O4/c1-24-10-12-25(13-11-24)8-3-4-9-26-21(28)16-27(22(26)29)23-19-7-14-31-20-6-5-17(30-2)15-18(19)20/h5-7,15-16,23,28H,3-4,8-14H2,1-2H3. The normalized spacial score (nSPS) is 17.0. The first-order valence-corrected chi connectivity index (χ1v) is 10.8. The molecule has 0 radical (unpaired) electrons. The Morgan fingerprint density at radius 3 is 2.71 bits per heavy atom. The van der Waals surface area contributed by atoms with Crippen molar-refractivity contribution in [1.82, 2.24) is 19.0 Å². The third-order valence-corrected chi connectivity index (χ3v) is 5.90. The van der Waals surface area contributed by atoms with Crippen molar-refractivity contribution in [1.29, 1.82) is 0 Å². The molecule has 0 atom stereocenters. The fraction of sp³-hybridized carbons (Fsp3) is 0.500. The lowest BCUT2D eigenvalue weighted by Crippen LogP contribution is -2.44. The van der Waals surface area contributed by atoms with Gasteiger partial charge >= 0.3 is 5.69 Å². The summed E-state index contributed by atoms with van der Waals surface area (Å²) in [5.41, 5.74) is 4.34. The van der Waals surface area contributed by atoms with Crippen LogP contribution in [0.15, 0.2) is 35.3 Å². The fourth-order valence-electron chi connectivity index (χ4n) is 3.97. The lowest BCUT2D eigenvalue weighted by atomic mass is 10.1. The number of rotatable bonds is 8. The summed E-state index contributed by atoms with van der Waals surface area (Å²) in [6.45, 7) is 6.29. The number of unbranched alkanes of at least 4 members (excludes halogenated alkanes) is 1. The Labute approximate surface area is 182 Å². The molecule has 0 spiro atoms. The molecule has 0 amide bonds. The van der Waals surface area contributed by atoms with E-state index in [0.717, 1.165) is 56.8 Å². The number of fused-ring (bicyclic) bond motifs is 1. The molecule has 168 valence electrons. The predicted molar refractivity (Wildman–Crippen MR) is 119 cm³/mol. The van der Waals surface area contributed by atoms with Crippen molar-refractivity contribution in [3.8, 4) is 17.4 Å². The van der Waals surface area contributed by atoms with E-state index in [9.17, 15) is 9.90 Å². The van der Waals surface area contributed by atoms with E-state index < -0.39 is 0 Å². The van der Waals surface area contributed by atoms with Gasteiger partial charge in [-0.1, -0.05) is 0 Å². The third-order valence-electron chi connectivity index (χ3n) is 5.90. The maximum Gasteiger partial charge on any atom is 0.349 e. The van der Waals surface area contributed by atoms with Crippen molar-refractivity contribution in [2.45, 2.75) is 19.4 Å². The van der Waals surface area contributed by atoms with E-state index >= 15 is 0 Å².